The van der Waals surface area contributed by atoms with Crippen LogP contribution in [0.15, 0.2) is 42.7 Å². The van der Waals surface area contributed by atoms with E-state index in [1.165, 1.54) is 19.2 Å². The predicted molar refractivity (Wildman–Crippen MR) is 120 cm³/mol. The Morgan fingerprint density at radius 1 is 1.06 bits per heavy atom. The third-order valence-electron chi connectivity index (χ3n) is 5.14. The van der Waals surface area contributed by atoms with Crippen LogP contribution in [0, 0.1) is 5.82 Å². The first-order valence-corrected chi connectivity index (χ1v) is 10.6. The fourth-order valence-electron chi connectivity index (χ4n) is 3.76. The number of alkyl halides is 2. The molecule has 11 heteroatoms. The van der Waals surface area contributed by atoms with Crippen LogP contribution >= 0.6 is 0 Å². The highest BCUT2D eigenvalue weighted by atomic mass is 19.3. The van der Waals surface area contributed by atoms with E-state index in [0.717, 1.165) is 6.20 Å². The number of nitrogens with one attached hydrogen (secondary N) is 1. The molecule has 1 N–H and O–H groups in total. The summed E-state index contributed by atoms with van der Waals surface area (Å²) in [5.41, 5.74) is 1.72. The number of pyridine rings is 1. The molecule has 1 aliphatic rings. The second-order valence-electron chi connectivity index (χ2n) is 7.84. The molecule has 1 aliphatic heterocycles. The van der Waals surface area contributed by atoms with Crippen molar-refractivity contribution in [2.45, 2.75) is 32.7 Å². The molecule has 0 spiro atoms. The van der Waals surface area contributed by atoms with Gasteiger partial charge in [0.15, 0.2) is 11.6 Å². The number of hydrogen-bond donors (Lipinski definition) is 1. The number of nitrogens with zero attached hydrogens (tertiary/aromatic N) is 4. The molecular weight excluding hydrogens is 451 g/mol. The van der Waals surface area contributed by atoms with Gasteiger partial charge in [0, 0.05) is 24.8 Å². The largest absolute Gasteiger partial charge is 0.480 e. The standard InChI is InChI=1S/C23H24F3N5O3/c1-13-11-31(12-14(2)33-13)23-28-10-18(24)20(30-23)29-19-8-16(9-27-21(19)32-3)15-4-6-17(7-5-15)34-22(25)26/h4-10,13-14,22H,11-12H2,1-3H3,(H,28,29,30)/t13-,14-/m0/s1. The van der Waals surface area contributed by atoms with Gasteiger partial charge >= 0.3 is 6.61 Å². The number of benzene rings is 1. The average molecular weight is 475 g/mol. The quantitative estimate of drug-likeness (QED) is 0.529. The number of anilines is 3. The van der Waals surface area contributed by atoms with Crippen LogP contribution in [0.3, 0.4) is 0 Å². The fraction of sp³-hybridized carbons (Fsp3) is 0.348. The first-order valence-electron chi connectivity index (χ1n) is 10.6. The van der Waals surface area contributed by atoms with Crippen molar-refractivity contribution in [1.29, 1.82) is 0 Å². The Morgan fingerprint density at radius 3 is 2.41 bits per heavy atom. The zero-order chi connectivity index (χ0) is 24.2. The monoisotopic (exact) mass is 475 g/mol. The zero-order valence-corrected chi connectivity index (χ0v) is 18.8. The van der Waals surface area contributed by atoms with Crippen molar-refractivity contribution in [3.63, 3.8) is 0 Å². The fourth-order valence-corrected chi connectivity index (χ4v) is 3.76. The Balaban J connectivity index is 1.61. The van der Waals surface area contributed by atoms with Crippen molar-refractivity contribution in [3.8, 4) is 22.8 Å². The SMILES string of the molecule is COc1ncc(-c2ccc(OC(F)F)cc2)cc1Nc1nc(N2C[C@H](C)O[C@@H](C)C2)ncc1F. The average Bonchev–Trinajstić information content (AvgIpc) is 2.80. The van der Waals surface area contributed by atoms with E-state index in [2.05, 4.69) is 25.0 Å². The van der Waals surface area contributed by atoms with E-state index in [1.54, 1.807) is 24.4 Å². The lowest BCUT2D eigenvalue weighted by Gasteiger charge is -2.35. The summed E-state index contributed by atoms with van der Waals surface area (Å²) < 4.78 is 54.9. The molecule has 1 aromatic carbocycles. The van der Waals surface area contributed by atoms with Crippen molar-refractivity contribution in [3.05, 3.63) is 48.5 Å². The molecule has 4 rings (SSSR count). The molecule has 3 aromatic rings. The number of ether oxygens (including phenoxy) is 3. The van der Waals surface area contributed by atoms with Crippen molar-refractivity contribution in [2.75, 3.05) is 30.4 Å². The molecule has 0 unspecified atom stereocenters. The Morgan fingerprint density at radius 2 is 1.76 bits per heavy atom. The molecule has 2 atom stereocenters. The van der Waals surface area contributed by atoms with E-state index >= 15 is 0 Å². The molecule has 2 aromatic heterocycles. The highest BCUT2D eigenvalue weighted by molar-refractivity contribution is 5.72. The summed E-state index contributed by atoms with van der Waals surface area (Å²) in [6.07, 6.45) is 2.66. The van der Waals surface area contributed by atoms with Crippen LogP contribution in [-0.4, -0.2) is 54.0 Å². The third kappa shape index (κ3) is 5.48. The molecule has 0 aliphatic carbocycles. The van der Waals surface area contributed by atoms with Gasteiger partial charge in [0.2, 0.25) is 11.8 Å². The normalized spacial score (nSPS) is 18.1. The maximum absolute atomic E-state index is 14.6. The van der Waals surface area contributed by atoms with E-state index in [1.807, 2.05) is 18.7 Å². The summed E-state index contributed by atoms with van der Waals surface area (Å²) >= 11 is 0. The van der Waals surface area contributed by atoms with Gasteiger partial charge in [-0.25, -0.2) is 14.4 Å². The molecule has 0 radical (unpaired) electrons. The minimum absolute atomic E-state index is 0.00716. The number of halogens is 3. The Labute approximate surface area is 194 Å². The lowest BCUT2D eigenvalue weighted by molar-refractivity contribution is -0.0498. The van der Waals surface area contributed by atoms with Crippen molar-refractivity contribution in [2.24, 2.45) is 0 Å². The van der Waals surface area contributed by atoms with Gasteiger partial charge in [0.1, 0.15) is 11.4 Å². The lowest BCUT2D eigenvalue weighted by atomic mass is 10.1. The van der Waals surface area contributed by atoms with Crippen LogP contribution in [0.5, 0.6) is 11.6 Å². The number of aromatic nitrogens is 3. The van der Waals surface area contributed by atoms with Gasteiger partial charge in [-0.1, -0.05) is 12.1 Å². The van der Waals surface area contributed by atoms with Crippen LogP contribution in [0.2, 0.25) is 0 Å². The summed E-state index contributed by atoms with van der Waals surface area (Å²) in [6.45, 7) is 2.18. The summed E-state index contributed by atoms with van der Waals surface area (Å²) in [5, 5.41) is 2.95. The van der Waals surface area contributed by atoms with Crippen molar-refractivity contribution >= 4 is 17.5 Å². The molecule has 1 fully saturated rings. The minimum atomic E-state index is -2.90. The van der Waals surface area contributed by atoms with Gasteiger partial charge in [0.25, 0.3) is 0 Å². The highest BCUT2D eigenvalue weighted by Gasteiger charge is 2.25. The van der Waals surface area contributed by atoms with Crippen molar-refractivity contribution < 1.29 is 27.4 Å². The smallest absolute Gasteiger partial charge is 0.387 e. The molecule has 3 heterocycles. The van der Waals surface area contributed by atoms with Gasteiger partial charge in [-0.05, 0) is 37.6 Å². The van der Waals surface area contributed by atoms with Gasteiger partial charge in [-0.3, -0.25) is 0 Å². The summed E-state index contributed by atoms with van der Waals surface area (Å²) in [4.78, 5) is 14.7. The maximum atomic E-state index is 14.6. The molecule has 34 heavy (non-hydrogen) atoms. The van der Waals surface area contributed by atoms with Gasteiger partial charge in [-0.2, -0.15) is 13.8 Å². The topological polar surface area (TPSA) is 81.6 Å². The Hall–Kier alpha value is -3.60. The predicted octanol–water partition coefficient (Wildman–Crippen LogP) is 4.64. The number of morpholine rings is 1. The van der Waals surface area contributed by atoms with E-state index < -0.39 is 12.4 Å². The van der Waals surface area contributed by atoms with Gasteiger partial charge in [0.05, 0.1) is 25.5 Å². The molecule has 1 saturated heterocycles. The zero-order valence-electron chi connectivity index (χ0n) is 18.8. The van der Waals surface area contributed by atoms with Gasteiger partial charge in [-0.15, -0.1) is 0 Å². The summed E-state index contributed by atoms with van der Waals surface area (Å²) in [6, 6.07) is 7.80. The molecule has 180 valence electrons. The lowest BCUT2D eigenvalue weighted by Crippen LogP contribution is -2.46. The Bertz CT molecular complexity index is 1120. The Kier molecular flexibility index (Phi) is 7.01. The second kappa shape index (κ2) is 10.1. The second-order valence-corrected chi connectivity index (χ2v) is 7.84. The van der Waals surface area contributed by atoms with E-state index in [0.29, 0.717) is 35.9 Å². The van der Waals surface area contributed by atoms with Gasteiger partial charge < -0.3 is 24.4 Å². The first kappa shape index (κ1) is 23.6. The van der Waals surface area contributed by atoms with Crippen LogP contribution in [-0.2, 0) is 4.74 Å². The third-order valence-corrected chi connectivity index (χ3v) is 5.14. The summed E-state index contributed by atoms with van der Waals surface area (Å²) in [5.74, 6) is -0.0205. The summed E-state index contributed by atoms with van der Waals surface area (Å²) in [7, 11) is 1.45. The first-order chi connectivity index (χ1) is 16.3. The number of hydrogen-bond acceptors (Lipinski definition) is 8. The molecular formula is C23H24F3N5O3. The molecule has 0 amide bonds. The number of methoxy groups -OCH3 is 1. The molecule has 0 saturated carbocycles. The maximum Gasteiger partial charge on any atom is 0.387 e. The number of rotatable bonds is 7. The van der Waals surface area contributed by atoms with Crippen LogP contribution in [0.1, 0.15) is 13.8 Å². The van der Waals surface area contributed by atoms with Crippen molar-refractivity contribution in [1.82, 2.24) is 15.0 Å². The van der Waals surface area contributed by atoms with E-state index in [4.69, 9.17) is 9.47 Å². The molecule has 0 bridgehead atoms. The van der Waals surface area contributed by atoms with E-state index in [9.17, 15) is 13.2 Å². The van der Waals surface area contributed by atoms with Crippen LogP contribution in [0.25, 0.3) is 11.1 Å². The van der Waals surface area contributed by atoms with E-state index in [-0.39, 0.29) is 29.7 Å². The van der Waals surface area contributed by atoms with Crippen LogP contribution in [0.4, 0.5) is 30.6 Å². The highest BCUT2D eigenvalue weighted by Crippen LogP contribution is 2.32. The molecule has 8 nitrogen and oxygen atoms in total. The minimum Gasteiger partial charge on any atom is -0.480 e. The van der Waals surface area contributed by atoms with Crippen LogP contribution < -0.4 is 19.7 Å².